The van der Waals surface area contributed by atoms with Gasteiger partial charge in [-0.2, -0.15) is 0 Å². The van der Waals surface area contributed by atoms with Crippen LogP contribution < -0.4 is 16.0 Å². The molecule has 0 radical (unpaired) electrons. The van der Waals surface area contributed by atoms with Crippen LogP contribution in [0.25, 0.3) is 0 Å². The van der Waals surface area contributed by atoms with Gasteiger partial charge in [-0.25, -0.2) is 0 Å². The number of amides is 1. The summed E-state index contributed by atoms with van der Waals surface area (Å²) < 4.78 is 5.27. The van der Waals surface area contributed by atoms with Crippen LogP contribution in [0.2, 0.25) is 0 Å². The Morgan fingerprint density at radius 3 is 2.46 bits per heavy atom. The fourth-order valence-corrected chi connectivity index (χ4v) is 2.82. The summed E-state index contributed by atoms with van der Waals surface area (Å²) in [7, 11) is 0. The summed E-state index contributed by atoms with van der Waals surface area (Å²) in [5, 5.41) is 9.40. The van der Waals surface area contributed by atoms with Gasteiger partial charge in [-0.3, -0.25) is 9.79 Å². The number of nitrogens with zero attached hydrogens (tertiary/aromatic N) is 1. The van der Waals surface area contributed by atoms with Crippen LogP contribution in [0.4, 0.5) is 0 Å². The highest BCUT2D eigenvalue weighted by molar-refractivity contribution is 14.0. The Kier molecular flexibility index (Phi) is 15.6. The molecule has 0 aromatic heterocycles. The van der Waals surface area contributed by atoms with Crippen LogP contribution in [0.5, 0.6) is 0 Å². The van der Waals surface area contributed by atoms with E-state index in [9.17, 15) is 4.79 Å². The van der Waals surface area contributed by atoms with Crippen LogP contribution >= 0.6 is 24.0 Å². The molecular weight excluding hydrogens is 419 g/mol. The molecule has 0 heterocycles. The third kappa shape index (κ3) is 11.9. The molecule has 1 amide bonds. The lowest BCUT2D eigenvalue weighted by Crippen LogP contribution is -2.42. The largest absolute Gasteiger partial charge is 0.380 e. The summed E-state index contributed by atoms with van der Waals surface area (Å²) in [5.74, 6) is 1.54. The summed E-state index contributed by atoms with van der Waals surface area (Å²) in [6, 6.07) is 0. The van der Waals surface area contributed by atoms with Crippen molar-refractivity contribution < 1.29 is 9.53 Å². The molecule has 142 valence electrons. The van der Waals surface area contributed by atoms with Crippen LogP contribution in [0.3, 0.4) is 0 Å². The lowest BCUT2D eigenvalue weighted by atomic mass is 9.87. The molecule has 0 bridgehead atoms. The van der Waals surface area contributed by atoms with E-state index in [0.29, 0.717) is 45.2 Å². The normalized spacial score (nSPS) is 15.5. The van der Waals surface area contributed by atoms with Crippen LogP contribution in [-0.2, 0) is 9.53 Å². The van der Waals surface area contributed by atoms with Gasteiger partial charge in [0.2, 0.25) is 5.91 Å². The molecule has 1 fully saturated rings. The molecule has 3 N–H and O–H groups in total. The molecule has 0 atom stereocenters. The summed E-state index contributed by atoms with van der Waals surface area (Å²) in [5.41, 5.74) is 0. The second-order valence-electron chi connectivity index (χ2n) is 5.94. The van der Waals surface area contributed by atoms with Crippen molar-refractivity contribution in [1.82, 2.24) is 16.0 Å². The van der Waals surface area contributed by atoms with E-state index >= 15 is 0 Å². The molecule has 1 rings (SSSR count). The minimum absolute atomic E-state index is 0. The molecule has 0 aromatic carbocycles. The first kappa shape index (κ1) is 23.4. The van der Waals surface area contributed by atoms with Gasteiger partial charge in [-0.15, -0.1) is 24.0 Å². The summed E-state index contributed by atoms with van der Waals surface area (Å²) in [6.45, 7) is 8.11. The Balaban J connectivity index is 0.00000529. The second-order valence-corrected chi connectivity index (χ2v) is 5.94. The van der Waals surface area contributed by atoms with Gasteiger partial charge in [-0.1, -0.05) is 19.3 Å². The maximum absolute atomic E-state index is 11.9. The minimum Gasteiger partial charge on any atom is -0.380 e. The fraction of sp³-hybridized carbons (Fsp3) is 0.882. The Labute approximate surface area is 164 Å². The summed E-state index contributed by atoms with van der Waals surface area (Å²) in [6.07, 6.45) is 7.00. The van der Waals surface area contributed by atoms with E-state index in [4.69, 9.17) is 4.74 Å². The van der Waals surface area contributed by atoms with Crippen molar-refractivity contribution >= 4 is 35.8 Å². The number of guanidine groups is 1. The van der Waals surface area contributed by atoms with E-state index in [1.165, 1.54) is 32.1 Å². The number of hydrogen-bond donors (Lipinski definition) is 3. The predicted molar refractivity (Wildman–Crippen MR) is 110 cm³/mol. The standard InChI is InChI=1S/C17H34N4O2.HI/c1-3-18-17(21-12-13-23-4-2)20-11-10-19-16(22)14-15-8-6-5-7-9-15;/h15H,3-14H2,1-2H3,(H,19,22)(H2,18,20,21);1H. The molecule has 1 saturated carbocycles. The topological polar surface area (TPSA) is 74.8 Å². The molecule has 0 saturated heterocycles. The number of halogens is 1. The molecular formula is C17H35IN4O2. The lowest BCUT2D eigenvalue weighted by Gasteiger charge is -2.20. The summed E-state index contributed by atoms with van der Waals surface area (Å²) >= 11 is 0. The molecule has 0 unspecified atom stereocenters. The van der Waals surface area contributed by atoms with E-state index in [1.54, 1.807) is 0 Å². The van der Waals surface area contributed by atoms with Crippen molar-refractivity contribution in [3.63, 3.8) is 0 Å². The van der Waals surface area contributed by atoms with Crippen LogP contribution in [0.1, 0.15) is 52.4 Å². The van der Waals surface area contributed by atoms with Gasteiger partial charge < -0.3 is 20.7 Å². The molecule has 0 aromatic rings. The van der Waals surface area contributed by atoms with Crippen LogP contribution in [0.15, 0.2) is 4.99 Å². The Morgan fingerprint density at radius 2 is 1.79 bits per heavy atom. The first-order valence-corrected chi connectivity index (χ1v) is 9.12. The molecule has 0 spiro atoms. The predicted octanol–water partition coefficient (Wildman–Crippen LogP) is 2.28. The Bertz CT molecular complexity index is 347. The van der Waals surface area contributed by atoms with Crippen molar-refractivity contribution in [1.29, 1.82) is 0 Å². The average Bonchev–Trinajstić information content (AvgIpc) is 2.56. The molecule has 7 heteroatoms. The zero-order valence-electron chi connectivity index (χ0n) is 15.2. The van der Waals surface area contributed by atoms with Crippen molar-refractivity contribution in [3.05, 3.63) is 0 Å². The number of carbonyl (C=O) groups excluding carboxylic acids is 1. The van der Waals surface area contributed by atoms with Gasteiger partial charge in [0.15, 0.2) is 5.96 Å². The number of rotatable bonds is 10. The number of aliphatic imine (C=N–C) groups is 1. The van der Waals surface area contributed by atoms with Crippen molar-refractivity contribution in [2.24, 2.45) is 10.9 Å². The molecule has 1 aliphatic rings. The maximum atomic E-state index is 11.9. The van der Waals surface area contributed by atoms with E-state index < -0.39 is 0 Å². The monoisotopic (exact) mass is 454 g/mol. The second kappa shape index (κ2) is 15.9. The first-order valence-electron chi connectivity index (χ1n) is 9.12. The van der Waals surface area contributed by atoms with Gasteiger partial charge in [0.1, 0.15) is 0 Å². The molecule has 24 heavy (non-hydrogen) atoms. The smallest absolute Gasteiger partial charge is 0.220 e. The van der Waals surface area contributed by atoms with Crippen molar-refractivity contribution in [2.45, 2.75) is 52.4 Å². The zero-order valence-corrected chi connectivity index (χ0v) is 17.6. The zero-order chi connectivity index (χ0) is 16.8. The minimum atomic E-state index is 0. The Hall–Kier alpha value is -0.570. The van der Waals surface area contributed by atoms with E-state index in [-0.39, 0.29) is 29.9 Å². The molecule has 1 aliphatic carbocycles. The highest BCUT2D eigenvalue weighted by atomic mass is 127. The third-order valence-corrected chi connectivity index (χ3v) is 3.99. The van der Waals surface area contributed by atoms with Gasteiger partial charge in [0, 0.05) is 32.7 Å². The lowest BCUT2D eigenvalue weighted by molar-refractivity contribution is -0.122. The molecule has 0 aliphatic heterocycles. The highest BCUT2D eigenvalue weighted by Gasteiger charge is 2.16. The van der Waals surface area contributed by atoms with Gasteiger partial charge in [0.25, 0.3) is 0 Å². The van der Waals surface area contributed by atoms with Crippen LogP contribution in [0, 0.1) is 5.92 Å². The Morgan fingerprint density at radius 1 is 1.08 bits per heavy atom. The number of nitrogens with one attached hydrogen (secondary N) is 3. The number of carbonyl (C=O) groups is 1. The maximum Gasteiger partial charge on any atom is 0.220 e. The quantitative estimate of drug-likeness (QED) is 0.205. The van der Waals surface area contributed by atoms with Crippen LogP contribution in [-0.4, -0.2) is 51.3 Å². The van der Waals surface area contributed by atoms with Gasteiger partial charge >= 0.3 is 0 Å². The van der Waals surface area contributed by atoms with Crippen molar-refractivity contribution in [2.75, 3.05) is 39.4 Å². The van der Waals surface area contributed by atoms with Gasteiger partial charge in [-0.05, 0) is 32.6 Å². The van der Waals surface area contributed by atoms with E-state index in [2.05, 4.69) is 20.9 Å². The van der Waals surface area contributed by atoms with E-state index in [1.807, 2.05) is 13.8 Å². The average molecular weight is 454 g/mol. The third-order valence-electron chi connectivity index (χ3n) is 3.99. The SMILES string of the molecule is CCNC(=NCCOCC)NCCNC(=O)CC1CCCCC1.I. The number of hydrogen-bond acceptors (Lipinski definition) is 3. The van der Waals surface area contributed by atoms with Gasteiger partial charge in [0.05, 0.1) is 13.2 Å². The molecule has 6 nitrogen and oxygen atoms in total. The van der Waals surface area contributed by atoms with E-state index in [0.717, 1.165) is 12.5 Å². The summed E-state index contributed by atoms with van der Waals surface area (Å²) in [4.78, 5) is 16.3. The fourth-order valence-electron chi connectivity index (χ4n) is 2.82. The number of ether oxygens (including phenoxy) is 1. The van der Waals surface area contributed by atoms with Crippen molar-refractivity contribution in [3.8, 4) is 0 Å². The highest BCUT2D eigenvalue weighted by Crippen LogP contribution is 2.25. The first-order chi connectivity index (χ1) is 11.3.